The Morgan fingerprint density at radius 1 is 1.39 bits per heavy atom. The molecule has 1 amide bonds. The van der Waals surface area contributed by atoms with Gasteiger partial charge < -0.3 is 10.4 Å². The van der Waals surface area contributed by atoms with Crippen LogP contribution in [0.25, 0.3) is 5.69 Å². The zero-order chi connectivity index (χ0) is 16.7. The van der Waals surface area contributed by atoms with Crippen LogP contribution >= 0.6 is 0 Å². The van der Waals surface area contributed by atoms with Crippen LogP contribution in [-0.2, 0) is 0 Å². The highest BCUT2D eigenvalue weighted by molar-refractivity contribution is 5.92. The smallest absolute Gasteiger partial charge is 0.271 e. The van der Waals surface area contributed by atoms with Crippen LogP contribution in [0, 0.1) is 11.7 Å². The first-order valence-corrected chi connectivity index (χ1v) is 7.84. The molecule has 0 saturated heterocycles. The van der Waals surface area contributed by atoms with Crippen LogP contribution in [0.15, 0.2) is 36.5 Å². The summed E-state index contributed by atoms with van der Waals surface area (Å²) < 4.78 is 14.7. The number of nitrogens with zero attached hydrogens (tertiary/aromatic N) is 2. The number of benzene rings is 1. The zero-order valence-electron chi connectivity index (χ0n) is 13.2. The standard InChI is InChI=1S/C17H22FN3O2/c1-2-4-13(8-10-22)12-19-17(23)16-7-9-21(20-16)15-6-3-5-14(18)11-15/h3,5-7,9,11,13,22H,2,4,8,10,12H2,1H3,(H,19,23). The summed E-state index contributed by atoms with van der Waals surface area (Å²) in [4.78, 5) is 12.1. The Morgan fingerprint density at radius 2 is 2.22 bits per heavy atom. The van der Waals surface area contributed by atoms with Gasteiger partial charge >= 0.3 is 0 Å². The molecule has 0 fully saturated rings. The number of rotatable bonds is 8. The third kappa shape index (κ3) is 4.89. The number of aliphatic hydroxyl groups is 1. The highest BCUT2D eigenvalue weighted by Gasteiger charge is 2.13. The Kier molecular flexibility index (Phi) is 6.29. The van der Waals surface area contributed by atoms with Gasteiger partial charge in [0.1, 0.15) is 5.82 Å². The molecule has 2 aromatic rings. The van der Waals surface area contributed by atoms with Gasteiger partial charge in [-0.3, -0.25) is 4.79 Å². The summed E-state index contributed by atoms with van der Waals surface area (Å²) in [7, 11) is 0. The van der Waals surface area contributed by atoms with E-state index in [1.807, 2.05) is 0 Å². The molecule has 124 valence electrons. The van der Waals surface area contributed by atoms with Gasteiger partial charge in [-0.05, 0) is 43.0 Å². The van der Waals surface area contributed by atoms with Gasteiger partial charge in [0.05, 0.1) is 5.69 Å². The lowest BCUT2D eigenvalue weighted by Crippen LogP contribution is -2.30. The van der Waals surface area contributed by atoms with E-state index >= 15 is 0 Å². The van der Waals surface area contributed by atoms with Gasteiger partial charge in [-0.25, -0.2) is 9.07 Å². The SMILES string of the molecule is CCCC(CCO)CNC(=O)c1ccn(-c2cccc(F)c2)n1. The fourth-order valence-corrected chi connectivity index (χ4v) is 2.47. The van der Waals surface area contributed by atoms with E-state index in [1.54, 1.807) is 24.4 Å². The van der Waals surface area contributed by atoms with Crippen molar-refractivity contribution in [1.82, 2.24) is 15.1 Å². The van der Waals surface area contributed by atoms with E-state index in [2.05, 4.69) is 17.3 Å². The first-order valence-electron chi connectivity index (χ1n) is 7.84. The lowest BCUT2D eigenvalue weighted by molar-refractivity contribution is 0.0937. The summed E-state index contributed by atoms with van der Waals surface area (Å²) in [6, 6.07) is 7.62. The largest absolute Gasteiger partial charge is 0.396 e. The van der Waals surface area contributed by atoms with Crippen molar-refractivity contribution in [1.29, 1.82) is 0 Å². The number of hydrogen-bond acceptors (Lipinski definition) is 3. The maximum absolute atomic E-state index is 13.2. The number of amides is 1. The zero-order valence-corrected chi connectivity index (χ0v) is 13.2. The summed E-state index contributed by atoms with van der Waals surface area (Å²) in [5, 5.41) is 16.1. The summed E-state index contributed by atoms with van der Waals surface area (Å²) in [5.74, 6) is -0.353. The number of aromatic nitrogens is 2. The molecule has 1 unspecified atom stereocenters. The average Bonchev–Trinajstić information content (AvgIpc) is 3.03. The predicted molar refractivity (Wildman–Crippen MR) is 86.0 cm³/mol. The Balaban J connectivity index is 1.98. The lowest BCUT2D eigenvalue weighted by Gasteiger charge is -2.15. The van der Waals surface area contributed by atoms with Crippen molar-refractivity contribution >= 4 is 5.91 Å². The quantitative estimate of drug-likeness (QED) is 0.786. The molecule has 2 N–H and O–H groups in total. The van der Waals surface area contributed by atoms with Crippen LogP contribution in [0.2, 0.25) is 0 Å². The third-order valence-corrected chi connectivity index (χ3v) is 3.68. The van der Waals surface area contributed by atoms with E-state index in [-0.39, 0.29) is 29.9 Å². The van der Waals surface area contributed by atoms with Crippen LogP contribution < -0.4 is 5.32 Å². The molecule has 0 aliphatic heterocycles. The lowest BCUT2D eigenvalue weighted by atomic mass is 10.0. The van der Waals surface area contributed by atoms with Gasteiger partial charge in [0, 0.05) is 19.3 Å². The van der Waals surface area contributed by atoms with Gasteiger partial charge in [-0.2, -0.15) is 5.10 Å². The molecule has 2 rings (SSSR count). The van der Waals surface area contributed by atoms with E-state index in [0.717, 1.165) is 12.8 Å². The number of halogens is 1. The summed E-state index contributed by atoms with van der Waals surface area (Å²) in [6.45, 7) is 2.71. The molecule has 1 heterocycles. The predicted octanol–water partition coefficient (Wildman–Crippen LogP) is 2.54. The van der Waals surface area contributed by atoms with Crippen molar-refractivity contribution in [2.75, 3.05) is 13.2 Å². The normalized spacial score (nSPS) is 12.1. The minimum atomic E-state index is -0.351. The number of nitrogens with one attached hydrogen (secondary N) is 1. The maximum Gasteiger partial charge on any atom is 0.271 e. The molecule has 0 spiro atoms. The molecule has 0 aliphatic carbocycles. The molecule has 0 radical (unpaired) electrons. The van der Waals surface area contributed by atoms with E-state index in [9.17, 15) is 9.18 Å². The fraction of sp³-hybridized carbons (Fsp3) is 0.412. The third-order valence-electron chi connectivity index (χ3n) is 3.68. The van der Waals surface area contributed by atoms with Crippen molar-refractivity contribution < 1.29 is 14.3 Å². The minimum absolute atomic E-state index is 0.120. The second kappa shape index (κ2) is 8.43. The molecule has 1 atom stereocenters. The fourth-order valence-electron chi connectivity index (χ4n) is 2.47. The number of carbonyl (C=O) groups excluding carboxylic acids is 1. The second-order valence-electron chi connectivity index (χ2n) is 5.50. The Bertz CT molecular complexity index is 636. The van der Waals surface area contributed by atoms with Crippen LogP contribution in [-0.4, -0.2) is 33.9 Å². The van der Waals surface area contributed by atoms with Crippen molar-refractivity contribution in [3.8, 4) is 5.69 Å². The molecule has 1 aromatic heterocycles. The van der Waals surface area contributed by atoms with Crippen LogP contribution in [0.5, 0.6) is 0 Å². The van der Waals surface area contributed by atoms with Gasteiger partial charge in [0.25, 0.3) is 5.91 Å². The first kappa shape index (κ1) is 17.1. The molecule has 5 nitrogen and oxygen atoms in total. The summed E-state index contributed by atoms with van der Waals surface area (Å²) in [6.07, 6.45) is 4.26. The molecule has 0 aliphatic rings. The van der Waals surface area contributed by atoms with Crippen LogP contribution in [0.4, 0.5) is 4.39 Å². The number of hydrogen-bond donors (Lipinski definition) is 2. The van der Waals surface area contributed by atoms with E-state index in [4.69, 9.17) is 5.11 Å². The minimum Gasteiger partial charge on any atom is -0.396 e. The van der Waals surface area contributed by atoms with Gasteiger partial charge in [-0.1, -0.05) is 19.4 Å². The molecule has 6 heteroatoms. The van der Waals surface area contributed by atoms with Crippen molar-refractivity contribution in [3.05, 3.63) is 48.0 Å². The Labute approximate surface area is 135 Å². The molecule has 23 heavy (non-hydrogen) atoms. The molecule has 0 saturated carbocycles. The monoisotopic (exact) mass is 319 g/mol. The molecule has 1 aromatic carbocycles. The van der Waals surface area contributed by atoms with Crippen molar-refractivity contribution in [2.45, 2.75) is 26.2 Å². The number of carbonyl (C=O) groups is 1. The Hall–Kier alpha value is -2.21. The maximum atomic E-state index is 13.2. The van der Waals surface area contributed by atoms with Gasteiger partial charge in [-0.15, -0.1) is 0 Å². The number of aliphatic hydroxyl groups excluding tert-OH is 1. The highest BCUT2D eigenvalue weighted by atomic mass is 19.1. The Morgan fingerprint density at radius 3 is 2.91 bits per heavy atom. The van der Waals surface area contributed by atoms with E-state index in [0.29, 0.717) is 18.7 Å². The average molecular weight is 319 g/mol. The summed E-state index contributed by atoms with van der Waals surface area (Å²) in [5.41, 5.74) is 0.849. The topological polar surface area (TPSA) is 67.2 Å². The van der Waals surface area contributed by atoms with Crippen molar-refractivity contribution in [2.24, 2.45) is 5.92 Å². The second-order valence-corrected chi connectivity index (χ2v) is 5.50. The van der Waals surface area contributed by atoms with Crippen LogP contribution in [0.3, 0.4) is 0 Å². The van der Waals surface area contributed by atoms with E-state index in [1.165, 1.54) is 16.8 Å². The first-order chi connectivity index (χ1) is 11.1. The van der Waals surface area contributed by atoms with Crippen LogP contribution in [0.1, 0.15) is 36.7 Å². The van der Waals surface area contributed by atoms with Gasteiger partial charge in [0.15, 0.2) is 5.69 Å². The van der Waals surface area contributed by atoms with Crippen molar-refractivity contribution in [3.63, 3.8) is 0 Å². The summed E-state index contributed by atoms with van der Waals surface area (Å²) >= 11 is 0. The van der Waals surface area contributed by atoms with E-state index < -0.39 is 0 Å². The molecular weight excluding hydrogens is 297 g/mol. The highest BCUT2D eigenvalue weighted by Crippen LogP contribution is 2.11. The van der Waals surface area contributed by atoms with Gasteiger partial charge in [0.2, 0.25) is 0 Å². The molecular formula is C17H22FN3O2. The molecule has 0 bridgehead atoms.